The molecule has 2 N–H and O–H groups in total. The number of benzene rings is 1. The summed E-state index contributed by atoms with van der Waals surface area (Å²) < 4.78 is 19.3. The summed E-state index contributed by atoms with van der Waals surface area (Å²) in [5.41, 5.74) is 0. The molecule has 3 nitrogen and oxygen atoms in total. The van der Waals surface area contributed by atoms with E-state index >= 15 is 0 Å². The molecule has 0 bridgehead atoms. The molecule has 0 aliphatic carbocycles. The molecule has 1 atom stereocenters. The molecule has 12 heavy (non-hydrogen) atoms. The molecule has 0 saturated heterocycles. The second-order valence-corrected chi connectivity index (χ2v) is 3.71. The van der Waals surface area contributed by atoms with Gasteiger partial charge >= 0.3 is 0 Å². The molecule has 0 fully saturated rings. The Bertz CT molecular complexity index is 317. The van der Waals surface area contributed by atoms with Crippen LogP contribution < -0.4 is 0 Å². The highest BCUT2D eigenvalue weighted by Crippen LogP contribution is 2.31. The number of rotatable bonds is 1. The topological polar surface area (TPSA) is 57.5 Å². The maximum atomic E-state index is 10.6. The minimum Gasteiger partial charge on any atom is -0.508 e. The lowest BCUT2D eigenvalue weighted by Crippen LogP contribution is -1.90. The Balaban J connectivity index is 3.38. The maximum Gasteiger partial charge on any atom is 0.189 e. The normalized spacial score (nSPS) is 12.9. The first-order valence-electron chi connectivity index (χ1n) is 2.81. The Kier molecular flexibility index (Phi) is 2.95. The van der Waals surface area contributed by atoms with Gasteiger partial charge in [-0.3, -0.25) is 0 Å². The minimum atomic E-state index is -2.24. The molecule has 0 saturated carbocycles. The molecule has 1 aromatic carbocycles. The molecule has 0 aliphatic heterocycles. The number of phenols is 1. The Labute approximate surface area is 81.2 Å². The Morgan fingerprint density at radius 2 is 1.67 bits per heavy atom. The first-order chi connectivity index (χ1) is 5.52. The van der Waals surface area contributed by atoms with Crippen molar-refractivity contribution >= 4 is 34.3 Å². The van der Waals surface area contributed by atoms with Crippen molar-refractivity contribution in [2.24, 2.45) is 0 Å². The molecular formula is C6H4Cl2O3S. The van der Waals surface area contributed by atoms with Gasteiger partial charge in [0.05, 0.1) is 10.0 Å². The van der Waals surface area contributed by atoms with Crippen molar-refractivity contribution in [1.29, 1.82) is 0 Å². The van der Waals surface area contributed by atoms with Crippen LogP contribution in [0.3, 0.4) is 0 Å². The molecule has 66 valence electrons. The van der Waals surface area contributed by atoms with Gasteiger partial charge in [0.2, 0.25) is 0 Å². The lowest BCUT2D eigenvalue weighted by atomic mass is 10.3. The summed E-state index contributed by atoms with van der Waals surface area (Å²) in [6.07, 6.45) is 0. The van der Waals surface area contributed by atoms with E-state index in [9.17, 15) is 4.21 Å². The zero-order valence-corrected chi connectivity index (χ0v) is 7.95. The van der Waals surface area contributed by atoms with Gasteiger partial charge in [-0.1, -0.05) is 23.2 Å². The molecule has 0 heterocycles. The highest BCUT2D eigenvalue weighted by molar-refractivity contribution is 7.79. The molecular weight excluding hydrogens is 223 g/mol. The van der Waals surface area contributed by atoms with Gasteiger partial charge in [-0.25, -0.2) is 4.21 Å². The van der Waals surface area contributed by atoms with Crippen LogP contribution in [0, 0.1) is 0 Å². The quantitative estimate of drug-likeness (QED) is 0.723. The predicted molar refractivity (Wildman–Crippen MR) is 47.2 cm³/mol. The number of hydrogen-bond acceptors (Lipinski definition) is 2. The predicted octanol–water partition coefficient (Wildman–Crippen LogP) is 2.28. The zero-order chi connectivity index (χ0) is 9.30. The molecule has 0 amide bonds. The van der Waals surface area contributed by atoms with Crippen LogP contribution in [0.1, 0.15) is 0 Å². The van der Waals surface area contributed by atoms with Crippen LogP contribution in [-0.4, -0.2) is 13.9 Å². The van der Waals surface area contributed by atoms with Crippen LogP contribution in [0.5, 0.6) is 5.75 Å². The first kappa shape index (κ1) is 9.80. The molecule has 0 spiro atoms. The van der Waals surface area contributed by atoms with Crippen molar-refractivity contribution in [3.05, 3.63) is 22.2 Å². The van der Waals surface area contributed by atoms with Gasteiger partial charge in [-0.2, -0.15) is 0 Å². The highest BCUT2D eigenvalue weighted by atomic mass is 35.5. The summed E-state index contributed by atoms with van der Waals surface area (Å²) in [7, 11) is 0. The minimum absolute atomic E-state index is 0.0270. The van der Waals surface area contributed by atoms with E-state index in [0.29, 0.717) is 0 Å². The molecule has 1 rings (SSSR count). The van der Waals surface area contributed by atoms with Crippen LogP contribution >= 0.6 is 23.2 Å². The van der Waals surface area contributed by atoms with Crippen molar-refractivity contribution < 1.29 is 13.9 Å². The summed E-state index contributed by atoms with van der Waals surface area (Å²) in [6.45, 7) is 0. The lowest BCUT2D eigenvalue weighted by Gasteiger charge is -2.02. The van der Waals surface area contributed by atoms with Crippen molar-refractivity contribution in [3.8, 4) is 5.75 Å². The van der Waals surface area contributed by atoms with E-state index in [0.717, 1.165) is 12.1 Å². The van der Waals surface area contributed by atoms with E-state index in [2.05, 4.69) is 0 Å². The second-order valence-electron chi connectivity index (χ2n) is 1.99. The van der Waals surface area contributed by atoms with Crippen molar-refractivity contribution in [1.82, 2.24) is 0 Å². The molecule has 6 heteroatoms. The lowest BCUT2D eigenvalue weighted by molar-refractivity contribution is 0.475. The summed E-state index contributed by atoms with van der Waals surface area (Å²) in [6, 6.07) is 2.30. The van der Waals surface area contributed by atoms with Crippen molar-refractivity contribution in [3.63, 3.8) is 0 Å². The highest BCUT2D eigenvalue weighted by Gasteiger charge is 2.12. The van der Waals surface area contributed by atoms with Crippen LogP contribution in [0.25, 0.3) is 0 Å². The average molecular weight is 227 g/mol. The molecule has 1 unspecified atom stereocenters. The Hall–Kier alpha value is -0.290. The van der Waals surface area contributed by atoms with Crippen LogP contribution in [0.4, 0.5) is 0 Å². The maximum absolute atomic E-state index is 10.6. The third-order valence-electron chi connectivity index (χ3n) is 1.16. The van der Waals surface area contributed by atoms with E-state index in [1.165, 1.54) is 0 Å². The molecule has 0 aliphatic rings. The van der Waals surface area contributed by atoms with Gasteiger partial charge < -0.3 is 9.66 Å². The molecule has 0 radical (unpaired) electrons. The second kappa shape index (κ2) is 3.62. The molecule has 0 aromatic heterocycles. The van der Waals surface area contributed by atoms with Gasteiger partial charge in [-0.05, 0) is 12.1 Å². The van der Waals surface area contributed by atoms with Crippen molar-refractivity contribution in [2.45, 2.75) is 4.90 Å². The average Bonchev–Trinajstić information content (AvgIpc) is 1.82. The SMILES string of the molecule is O=S(O)c1c(Cl)cc(O)cc1Cl. The van der Waals surface area contributed by atoms with Gasteiger partial charge in [0.25, 0.3) is 0 Å². The fraction of sp³-hybridized carbons (Fsp3) is 0. The van der Waals surface area contributed by atoms with Crippen LogP contribution in [0.2, 0.25) is 10.0 Å². The van der Waals surface area contributed by atoms with Crippen LogP contribution in [0.15, 0.2) is 17.0 Å². The van der Waals surface area contributed by atoms with E-state index in [4.69, 9.17) is 32.9 Å². The third-order valence-corrected chi connectivity index (χ3v) is 2.77. The third kappa shape index (κ3) is 1.90. The zero-order valence-electron chi connectivity index (χ0n) is 5.62. The molecule has 1 aromatic rings. The monoisotopic (exact) mass is 226 g/mol. The fourth-order valence-electron chi connectivity index (χ4n) is 0.713. The van der Waals surface area contributed by atoms with E-state index in [1.54, 1.807) is 0 Å². The smallest absolute Gasteiger partial charge is 0.189 e. The van der Waals surface area contributed by atoms with E-state index < -0.39 is 11.1 Å². The van der Waals surface area contributed by atoms with Gasteiger partial charge in [0.15, 0.2) is 11.1 Å². The Morgan fingerprint density at radius 3 is 2.00 bits per heavy atom. The number of phenolic OH excluding ortho intramolecular Hbond substituents is 1. The summed E-state index contributed by atoms with van der Waals surface area (Å²) >= 11 is 8.83. The van der Waals surface area contributed by atoms with Crippen LogP contribution in [-0.2, 0) is 11.1 Å². The van der Waals surface area contributed by atoms with E-state index in [-0.39, 0.29) is 20.7 Å². The fourth-order valence-corrected chi connectivity index (χ4v) is 2.04. The summed E-state index contributed by atoms with van der Waals surface area (Å²) in [5, 5.41) is 8.90. The number of aromatic hydroxyl groups is 1. The van der Waals surface area contributed by atoms with Gasteiger partial charge in [0.1, 0.15) is 10.6 Å². The standard InChI is InChI=1S/C6H4Cl2O3S/c7-4-1-3(9)2-5(8)6(4)12(10)11/h1-2,9H,(H,10,11). The van der Waals surface area contributed by atoms with Gasteiger partial charge in [-0.15, -0.1) is 0 Å². The number of hydrogen-bond donors (Lipinski definition) is 2. The van der Waals surface area contributed by atoms with E-state index in [1.807, 2.05) is 0 Å². The van der Waals surface area contributed by atoms with Crippen molar-refractivity contribution in [2.75, 3.05) is 0 Å². The Morgan fingerprint density at radius 1 is 1.25 bits per heavy atom. The largest absolute Gasteiger partial charge is 0.508 e. The summed E-state index contributed by atoms with van der Waals surface area (Å²) in [4.78, 5) is -0.0869. The van der Waals surface area contributed by atoms with Gasteiger partial charge in [0, 0.05) is 0 Å². The number of halogens is 2. The first-order valence-corrected chi connectivity index (χ1v) is 4.67. The summed E-state index contributed by atoms with van der Waals surface area (Å²) in [5.74, 6) is -0.140.